The second-order valence-corrected chi connectivity index (χ2v) is 10.4. The minimum atomic E-state index is -0.595. The van der Waals surface area contributed by atoms with Gasteiger partial charge < -0.3 is 15.0 Å². The van der Waals surface area contributed by atoms with Crippen LogP contribution in [0.2, 0.25) is 0 Å². The number of thioether (sulfide) groups is 1. The van der Waals surface area contributed by atoms with Gasteiger partial charge in [-0.3, -0.25) is 9.59 Å². The largest absolute Gasteiger partial charge is 0.493 e. The standard InChI is InChI=1S/C23H28FN3O3S/c24-18-9-16(30-11-13-1-2-13)10-19-21(18)23(29)27-20(26-19)12-31-17-7-5-15(6-8-17)25-22(28)14-3-4-14/h9-10,13-15,17H,1-8,11-12H2,(H,25,28)(H,26,27,29). The van der Waals surface area contributed by atoms with Crippen LogP contribution in [-0.2, 0) is 10.5 Å². The summed E-state index contributed by atoms with van der Waals surface area (Å²) in [4.78, 5) is 31.6. The number of aromatic nitrogens is 2. The molecule has 5 rings (SSSR count). The molecule has 0 aliphatic heterocycles. The van der Waals surface area contributed by atoms with Crippen LogP contribution in [0.1, 0.15) is 57.2 Å². The van der Waals surface area contributed by atoms with Crippen molar-refractivity contribution in [1.82, 2.24) is 15.3 Å². The quantitative estimate of drug-likeness (QED) is 0.643. The van der Waals surface area contributed by atoms with E-state index in [0.717, 1.165) is 51.4 Å². The number of fused-ring (bicyclic) bond motifs is 1. The number of aromatic amines is 1. The van der Waals surface area contributed by atoms with Crippen LogP contribution in [0.3, 0.4) is 0 Å². The highest BCUT2D eigenvalue weighted by atomic mass is 32.2. The molecule has 0 bridgehead atoms. The Morgan fingerprint density at radius 3 is 2.65 bits per heavy atom. The molecule has 6 nitrogen and oxygen atoms in total. The van der Waals surface area contributed by atoms with Gasteiger partial charge in [-0.05, 0) is 57.3 Å². The van der Waals surface area contributed by atoms with Crippen molar-refractivity contribution in [2.24, 2.45) is 11.8 Å². The Hall–Kier alpha value is -2.09. The fourth-order valence-electron chi connectivity index (χ4n) is 4.13. The van der Waals surface area contributed by atoms with Crippen LogP contribution in [0.15, 0.2) is 16.9 Å². The Bertz CT molecular complexity index is 1030. The van der Waals surface area contributed by atoms with Crippen molar-refractivity contribution in [1.29, 1.82) is 0 Å². The molecular weight excluding hydrogens is 417 g/mol. The van der Waals surface area contributed by atoms with Gasteiger partial charge in [-0.2, -0.15) is 11.8 Å². The molecule has 3 saturated carbocycles. The molecule has 2 aromatic rings. The first-order valence-electron chi connectivity index (χ1n) is 11.3. The Morgan fingerprint density at radius 2 is 1.94 bits per heavy atom. The summed E-state index contributed by atoms with van der Waals surface area (Å²) in [5.41, 5.74) is -0.102. The molecule has 1 heterocycles. The Kier molecular flexibility index (Phi) is 5.91. The molecular formula is C23H28FN3O3S. The number of carbonyl (C=O) groups excluding carboxylic acids is 1. The molecule has 0 saturated heterocycles. The van der Waals surface area contributed by atoms with E-state index < -0.39 is 11.4 Å². The molecule has 3 aliphatic rings. The predicted octanol–water partition coefficient (Wildman–Crippen LogP) is 3.92. The average molecular weight is 446 g/mol. The summed E-state index contributed by atoms with van der Waals surface area (Å²) in [6.07, 6.45) is 8.43. The van der Waals surface area contributed by atoms with E-state index in [4.69, 9.17) is 4.74 Å². The van der Waals surface area contributed by atoms with Crippen LogP contribution in [0.25, 0.3) is 10.9 Å². The molecule has 3 fully saturated rings. The predicted molar refractivity (Wildman–Crippen MR) is 119 cm³/mol. The number of benzene rings is 1. The summed E-state index contributed by atoms with van der Waals surface area (Å²) in [6, 6.07) is 3.23. The van der Waals surface area contributed by atoms with Gasteiger partial charge in [-0.25, -0.2) is 9.37 Å². The zero-order valence-electron chi connectivity index (χ0n) is 17.5. The Labute approximate surface area is 184 Å². The minimum Gasteiger partial charge on any atom is -0.493 e. The third kappa shape index (κ3) is 5.22. The number of hydrogen-bond acceptors (Lipinski definition) is 5. The molecule has 0 atom stereocenters. The topological polar surface area (TPSA) is 84.1 Å². The molecule has 166 valence electrons. The van der Waals surface area contributed by atoms with E-state index in [1.54, 1.807) is 17.8 Å². The maximum absolute atomic E-state index is 14.5. The lowest BCUT2D eigenvalue weighted by Crippen LogP contribution is -2.38. The summed E-state index contributed by atoms with van der Waals surface area (Å²) in [6.45, 7) is 0.584. The lowest BCUT2D eigenvalue weighted by Gasteiger charge is -2.28. The normalized spacial score (nSPS) is 23.6. The van der Waals surface area contributed by atoms with E-state index >= 15 is 0 Å². The number of hydrogen-bond donors (Lipinski definition) is 2. The van der Waals surface area contributed by atoms with Gasteiger partial charge in [0.05, 0.1) is 17.9 Å². The maximum atomic E-state index is 14.5. The first kappa shape index (κ1) is 20.8. The van der Waals surface area contributed by atoms with Crippen molar-refractivity contribution in [2.75, 3.05) is 6.61 Å². The van der Waals surface area contributed by atoms with Crippen LogP contribution in [0.4, 0.5) is 4.39 Å². The van der Waals surface area contributed by atoms with Gasteiger partial charge in [0.25, 0.3) is 5.56 Å². The van der Waals surface area contributed by atoms with E-state index in [-0.39, 0.29) is 17.2 Å². The van der Waals surface area contributed by atoms with Gasteiger partial charge in [0.1, 0.15) is 22.8 Å². The van der Waals surface area contributed by atoms with Crippen LogP contribution in [0.5, 0.6) is 5.75 Å². The van der Waals surface area contributed by atoms with E-state index in [9.17, 15) is 14.0 Å². The number of nitrogens with zero attached hydrogens (tertiary/aromatic N) is 1. The van der Waals surface area contributed by atoms with Gasteiger partial charge >= 0.3 is 0 Å². The number of carbonyl (C=O) groups is 1. The molecule has 1 aromatic heterocycles. The van der Waals surface area contributed by atoms with Crippen molar-refractivity contribution >= 4 is 28.6 Å². The molecule has 1 aromatic carbocycles. The number of ether oxygens (including phenoxy) is 1. The summed E-state index contributed by atoms with van der Waals surface area (Å²) in [5, 5.41) is 3.64. The monoisotopic (exact) mass is 445 g/mol. The smallest absolute Gasteiger partial charge is 0.261 e. The fraction of sp³-hybridized carbons (Fsp3) is 0.609. The van der Waals surface area contributed by atoms with Crippen LogP contribution < -0.4 is 15.6 Å². The maximum Gasteiger partial charge on any atom is 0.261 e. The fourth-order valence-corrected chi connectivity index (χ4v) is 5.27. The van der Waals surface area contributed by atoms with E-state index in [1.807, 2.05) is 0 Å². The number of halogens is 1. The lowest BCUT2D eigenvalue weighted by molar-refractivity contribution is -0.123. The Morgan fingerprint density at radius 1 is 1.16 bits per heavy atom. The molecule has 1 amide bonds. The molecule has 0 radical (unpaired) electrons. The van der Waals surface area contributed by atoms with Crippen molar-refractivity contribution in [3.63, 3.8) is 0 Å². The minimum absolute atomic E-state index is 0.0144. The van der Waals surface area contributed by atoms with Crippen molar-refractivity contribution in [2.45, 2.75) is 68.4 Å². The summed E-state index contributed by atoms with van der Waals surface area (Å²) < 4.78 is 20.1. The first-order chi connectivity index (χ1) is 15.0. The van der Waals surface area contributed by atoms with Crippen molar-refractivity contribution in [3.05, 3.63) is 34.1 Å². The average Bonchev–Trinajstić information content (AvgIpc) is 3.64. The van der Waals surface area contributed by atoms with E-state index in [2.05, 4.69) is 15.3 Å². The highest BCUT2D eigenvalue weighted by molar-refractivity contribution is 7.99. The summed E-state index contributed by atoms with van der Waals surface area (Å²) in [5.74, 6) is 2.02. The zero-order chi connectivity index (χ0) is 21.4. The highest BCUT2D eigenvalue weighted by Gasteiger charge is 2.32. The second kappa shape index (κ2) is 8.81. The second-order valence-electron chi connectivity index (χ2n) is 9.13. The van der Waals surface area contributed by atoms with Crippen molar-refractivity contribution in [3.8, 4) is 5.75 Å². The Balaban J connectivity index is 1.19. The summed E-state index contributed by atoms with van der Waals surface area (Å²) >= 11 is 1.77. The van der Waals surface area contributed by atoms with Crippen LogP contribution >= 0.6 is 11.8 Å². The molecule has 2 N–H and O–H groups in total. The van der Waals surface area contributed by atoms with E-state index in [1.165, 1.54) is 6.07 Å². The van der Waals surface area contributed by atoms with Gasteiger partial charge in [0.15, 0.2) is 0 Å². The van der Waals surface area contributed by atoms with Gasteiger partial charge in [0.2, 0.25) is 5.91 Å². The number of rotatable bonds is 8. The molecule has 3 aliphatic carbocycles. The number of nitrogens with one attached hydrogen (secondary N) is 2. The van der Waals surface area contributed by atoms with Gasteiger partial charge in [0, 0.05) is 29.3 Å². The molecule has 31 heavy (non-hydrogen) atoms. The molecule has 0 unspecified atom stereocenters. The summed E-state index contributed by atoms with van der Waals surface area (Å²) in [7, 11) is 0. The van der Waals surface area contributed by atoms with Gasteiger partial charge in [-0.15, -0.1) is 0 Å². The zero-order valence-corrected chi connectivity index (χ0v) is 18.3. The first-order valence-corrected chi connectivity index (χ1v) is 12.4. The number of amides is 1. The molecule has 8 heteroatoms. The number of H-pyrrole nitrogens is 1. The SMILES string of the molecule is O=C(NC1CCC(SCc2nc3cc(OCC4CC4)cc(F)c3c(=O)[nH]2)CC1)C1CC1. The third-order valence-electron chi connectivity index (χ3n) is 6.39. The van der Waals surface area contributed by atoms with Crippen LogP contribution in [0, 0.1) is 17.7 Å². The van der Waals surface area contributed by atoms with Gasteiger partial charge in [-0.1, -0.05) is 0 Å². The van der Waals surface area contributed by atoms with E-state index in [0.29, 0.717) is 46.7 Å². The lowest BCUT2D eigenvalue weighted by atomic mass is 9.95. The third-order valence-corrected chi connectivity index (χ3v) is 7.77. The van der Waals surface area contributed by atoms with Crippen molar-refractivity contribution < 1.29 is 13.9 Å². The highest BCUT2D eigenvalue weighted by Crippen LogP contribution is 2.33. The van der Waals surface area contributed by atoms with Crippen LogP contribution in [-0.4, -0.2) is 33.8 Å². The molecule has 0 spiro atoms.